The van der Waals surface area contributed by atoms with Gasteiger partial charge >= 0.3 is 18.3 Å². The summed E-state index contributed by atoms with van der Waals surface area (Å²) in [6.07, 6.45) is -7.64. The van der Waals surface area contributed by atoms with Gasteiger partial charge in [0.25, 0.3) is 0 Å². The van der Waals surface area contributed by atoms with E-state index in [-0.39, 0.29) is 42.4 Å². The van der Waals surface area contributed by atoms with Gasteiger partial charge in [-0.1, -0.05) is 19.9 Å². The standard InChI is InChI=1S/C37H39F6N3O6/c1-21(2)23-8-9-30(49-5)29(12-23)28-15-32(51-7)31(50-6)13-24(28)19-46(34-44-16-27(17-45-34)52-20-35(3,4)33(47)48)18-22-10-25(36(38,39)40)14-26(11-22)37(41,42)43/h8-17,21H,18-20H2,1-7H3,(H,47,48). The first kappa shape index (κ1) is 39.6. The van der Waals surface area contributed by atoms with E-state index in [0.29, 0.717) is 46.1 Å². The summed E-state index contributed by atoms with van der Waals surface area (Å²) < 4.78 is 106. The maximum absolute atomic E-state index is 13.9. The molecule has 0 bridgehead atoms. The highest BCUT2D eigenvalue weighted by molar-refractivity contribution is 5.77. The lowest BCUT2D eigenvalue weighted by atomic mass is 9.93. The highest BCUT2D eigenvalue weighted by Crippen LogP contribution is 2.42. The van der Waals surface area contributed by atoms with E-state index in [1.165, 1.54) is 52.5 Å². The van der Waals surface area contributed by atoms with Gasteiger partial charge in [0.1, 0.15) is 12.4 Å². The van der Waals surface area contributed by atoms with E-state index in [4.69, 9.17) is 18.9 Å². The first-order valence-corrected chi connectivity index (χ1v) is 15.9. The van der Waals surface area contributed by atoms with Crippen LogP contribution in [0.3, 0.4) is 0 Å². The predicted molar refractivity (Wildman–Crippen MR) is 181 cm³/mol. The van der Waals surface area contributed by atoms with Gasteiger partial charge in [0.15, 0.2) is 17.2 Å². The van der Waals surface area contributed by atoms with Crippen LogP contribution in [-0.4, -0.2) is 49.0 Å². The number of methoxy groups -OCH3 is 3. The molecule has 0 saturated carbocycles. The lowest BCUT2D eigenvalue weighted by Crippen LogP contribution is -2.30. The van der Waals surface area contributed by atoms with Gasteiger partial charge in [-0.3, -0.25) is 4.79 Å². The van der Waals surface area contributed by atoms with Gasteiger partial charge < -0.3 is 29.0 Å². The van der Waals surface area contributed by atoms with E-state index in [1.807, 2.05) is 26.0 Å². The molecule has 1 aromatic heterocycles. The Morgan fingerprint density at radius 3 is 1.83 bits per heavy atom. The number of rotatable bonds is 14. The molecular weight excluding hydrogens is 696 g/mol. The number of nitrogens with zero attached hydrogens (tertiary/aromatic N) is 3. The van der Waals surface area contributed by atoms with Crippen molar-refractivity contribution in [1.82, 2.24) is 9.97 Å². The van der Waals surface area contributed by atoms with Crippen LogP contribution in [0.4, 0.5) is 32.3 Å². The summed E-state index contributed by atoms with van der Waals surface area (Å²) in [6, 6.07) is 10.4. The third-order valence-electron chi connectivity index (χ3n) is 8.25. The second-order valence-electron chi connectivity index (χ2n) is 12.9. The van der Waals surface area contributed by atoms with Crippen LogP contribution in [-0.2, 0) is 30.2 Å². The van der Waals surface area contributed by atoms with Gasteiger partial charge in [-0.2, -0.15) is 26.3 Å². The van der Waals surface area contributed by atoms with Crippen LogP contribution in [0, 0.1) is 5.41 Å². The van der Waals surface area contributed by atoms with Gasteiger partial charge in [-0.15, -0.1) is 0 Å². The molecule has 0 aliphatic rings. The number of hydrogen-bond donors (Lipinski definition) is 1. The summed E-state index contributed by atoms with van der Waals surface area (Å²) in [5.41, 5.74) is -1.77. The summed E-state index contributed by atoms with van der Waals surface area (Å²) in [4.78, 5) is 21.6. The minimum atomic E-state index is -5.06. The quantitative estimate of drug-likeness (QED) is 0.127. The zero-order valence-electron chi connectivity index (χ0n) is 29.6. The smallest absolute Gasteiger partial charge is 0.416 e. The fourth-order valence-electron chi connectivity index (χ4n) is 5.20. The number of carbonyl (C=O) groups is 1. The molecule has 0 saturated heterocycles. The van der Waals surface area contributed by atoms with Crippen LogP contribution < -0.4 is 23.8 Å². The molecule has 1 heterocycles. The summed E-state index contributed by atoms with van der Waals surface area (Å²) in [6.45, 7) is 6.09. The summed E-state index contributed by atoms with van der Waals surface area (Å²) in [7, 11) is 4.38. The third-order valence-corrected chi connectivity index (χ3v) is 8.25. The van der Waals surface area contributed by atoms with Gasteiger partial charge in [-0.05, 0) is 84.5 Å². The van der Waals surface area contributed by atoms with Crippen LogP contribution in [0.5, 0.6) is 23.0 Å². The van der Waals surface area contributed by atoms with Crippen LogP contribution in [0.15, 0.2) is 60.9 Å². The Labute approximate surface area is 297 Å². The number of aliphatic carboxylic acids is 1. The molecule has 0 unspecified atom stereocenters. The number of alkyl halides is 6. The zero-order valence-corrected chi connectivity index (χ0v) is 29.6. The molecule has 0 aliphatic carbocycles. The molecule has 0 fully saturated rings. The van der Waals surface area contributed by atoms with Crippen LogP contribution in [0.25, 0.3) is 11.1 Å². The number of aromatic nitrogens is 2. The summed E-state index contributed by atoms with van der Waals surface area (Å²) in [5.74, 6) is 0.224. The molecule has 3 aromatic carbocycles. The average Bonchev–Trinajstić information content (AvgIpc) is 3.09. The molecule has 0 aliphatic heterocycles. The van der Waals surface area contributed by atoms with E-state index in [1.54, 1.807) is 18.2 Å². The normalized spacial score (nSPS) is 12.1. The number of carboxylic acid groups (broad SMARTS) is 1. The van der Waals surface area contributed by atoms with Crippen molar-refractivity contribution in [3.05, 3.63) is 88.7 Å². The first-order valence-electron chi connectivity index (χ1n) is 15.9. The van der Waals surface area contributed by atoms with Crippen molar-refractivity contribution in [3.63, 3.8) is 0 Å². The number of anilines is 1. The van der Waals surface area contributed by atoms with Gasteiger partial charge in [-0.25, -0.2) is 9.97 Å². The lowest BCUT2D eigenvalue weighted by molar-refractivity contribution is -0.148. The Balaban J connectivity index is 1.90. The van der Waals surface area contributed by atoms with Crippen molar-refractivity contribution in [2.45, 2.75) is 59.1 Å². The Kier molecular flexibility index (Phi) is 11.9. The molecule has 52 heavy (non-hydrogen) atoms. The van der Waals surface area contributed by atoms with Crippen molar-refractivity contribution >= 4 is 11.9 Å². The van der Waals surface area contributed by atoms with Crippen LogP contribution in [0.1, 0.15) is 61.4 Å². The van der Waals surface area contributed by atoms with Crippen LogP contribution in [0.2, 0.25) is 0 Å². The summed E-state index contributed by atoms with van der Waals surface area (Å²) in [5, 5.41) is 9.42. The molecule has 0 spiro atoms. The predicted octanol–water partition coefficient (Wildman–Crippen LogP) is 9.03. The Morgan fingerprint density at radius 2 is 1.33 bits per heavy atom. The molecule has 9 nitrogen and oxygen atoms in total. The molecule has 1 N–H and O–H groups in total. The fourth-order valence-corrected chi connectivity index (χ4v) is 5.20. The third kappa shape index (κ3) is 9.36. The monoisotopic (exact) mass is 735 g/mol. The average molecular weight is 736 g/mol. The van der Waals surface area contributed by atoms with E-state index in [0.717, 1.165) is 5.56 Å². The lowest BCUT2D eigenvalue weighted by Gasteiger charge is -2.26. The van der Waals surface area contributed by atoms with E-state index >= 15 is 0 Å². The Morgan fingerprint density at radius 1 is 0.769 bits per heavy atom. The van der Waals surface area contributed by atoms with Gasteiger partial charge in [0.05, 0.1) is 50.3 Å². The number of carboxylic acids is 1. The molecule has 0 radical (unpaired) electrons. The van der Waals surface area contributed by atoms with Gasteiger partial charge in [0.2, 0.25) is 5.95 Å². The van der Waals surface area contributed by atoms with E-state index in [2.05, 4.69) is 9.97 Å². The Hall–Kier alpha value is -5.21. The highest BCUT2D eigenvalue weighted by atomic mass is 19.4. The maximum atomic E-state index is 13.9. The number of hydrogen-bond acceptors (Lipinski definition) is 8. The molecule has 4 rings (SSSR count). The first-order chi connectivity index (χ1) is 24.3. The number of halogens is 6. The Bertz CT molecular complexity index is 1850. The van der Waals surface area contributed by atoms with Crippen molar-refractivity contribution in [2.75, 3.05) is 32.8 Å². The SMILES string of the molecule is COc1cc(CN(Cc2cc(C(F)(F)F)cc(C(F)(F)F)c2)c2ncc(OCC(C)(C)C(=O)O)cn2)c(-c2cc(C(C)C)ccc2OC)cc1OC. The maximum Gasteiger partial charge on any atom is 0.416 e. The number of benzene rings is 3. The summed E-state index contributed by atoms with van der Waals surface area (Å²) >= 11 is 0. The highest BCUT2D eigenvalue weighted by Gasteiger charge is 2.37. The molecular formula is C37H39F6N3O6. The van der Waals surface area contributed by atoms with Crippen molar-refractivity contribution in [3.8, 4) is 34.1 Å². The topological polar surface area (TPSA) is 103 Å². The van der Waals surface area contributed by atoms with Crippen LogP contribution >= 0.6 is 0 Å². The largest absolute Gasteiger partial charge is 0.496 e. The number of ether oxygens (including phenoxy) is 4. The second-order valence-corrected chi connectivity index (χ2v) is 12.9. The van der Waals surface area contributed by atoms with E-state index in [9.17, 15) is 36.2 Å². The fraction of sp³-hybridized carbons (Fsp3) is 0.378. The molecule has 15 heteroatoms. The van der Waals surface area contributed by atoms with Crippen molar-refractivity contribution < 1.29 is 55.2 Å². The molecule has 0 atom stereocenters. The minimum Gasteiger partial charge on any atom is -0.496 e. The van der Waals surface area contributed by atoms with Crippen molar-refractivity contribution in [1.29, 1.82) is 0 Å². The van der Waals surface area contributed by atoms with Gasteiger partial charge in [0, 0.05) is 18.7 Å². The molecule has 4 aromatic rings. The molecule has 280 valence electrons. The second kappa shape index (κ2) is 15.6. The minimum absolute atomic E-state index is 0.0650. The van der Waals surface area contributed by atoms with E-state index < -0.39 is 41.4 Å². The molecule has 0 amide bonds. The zero-order chi connectivity index (χ0) is 38.6. The van der Waals surface area contributed by atoms with Crippen molar-refractivity contribution in [2.24, 2.45) is 5.41 Å².